The normalized spacial score (nSPS) is 11.2. The molecule has 0 saturated carbocycles. The molecule has 0 aliphatic rings. The van der Waals surface area contributed by atoms with Gasteiger partial charge in [0.15, 0.2) is 5.82 Å². The molecule has 1 aromatic heterocycles. The number of hydrogen-bond donors (Lipinski definition) is 3. The van der Waals surface area contributed by atoms with E-state index in [-0.39, 0.29) is 10.8 Å². The fraction of sp³-hybridized carbons (Fsp3) is 0.158. The Hall–Kier alpha value is -3.13. The van der Waals surface area contributed by atoms with Crippen LogP contribution in [0.5, 0.6) is 0 Å². The van der Waals surface area contributed by atoms with Crippen LogP contribution < -0.4 is 10.0 Å². The first-order valence-electron chi connectivity index (χ1n) is 8.29. The van der Waals surface area contributed by atoms with Crippen molar-refractivity contribution < 1.29 is 13.2 Å². The standard InChI is InChI=1S/C19H20N4O3S/c1-12-5-4-6-17(14(12)3)23-27(25,26)16-9-7-15(8-10-16)19(24)20-18-11-13(2)21-22-18/h4-11,23H,1-3H3,(H2,20,21,22,24). The van der Waals surface area contributed by atoms with E-state index in [4.69, 9.17) is 0 Å². The fourth-order valence-electron chi connectivity index (χ4n) is 2.52. The van der Waals surface area contributed by atoms with E-state index >= 15 is 0 Å². The van der Waals surface area contributed by atoms with E-state index in [0.717, 1.165) is 16.8 Å². The Balaban J connectivity index is 1.77. The van der Waals surface area contributed by atoms with Crippen LogP contribution in [0.1, 0.15) is 27.2 Å². The van der Waals surface area contributed by atoms with E-state index in [1.54, 1.807) is 18.2 Å². The van der Waals surface area contributed by atoms with Crippen LogP contribution in [0.3, 0.4) is 0 Å². The van der Waals surface area contributed by atoms with Gasteiger partial charge in [-0.2, -0.15) is 5.10 Å². The predicted octanol–water partition coefficient (Wildman–Crippen LogP) is 3.39. The molecular weight excluding hydrogens is 364 g/mol. The van der Waals surface area contributed by atoms with Crippen molar-refractivity contribution in [2.75, 3.05) is 10.0 Å². The Morgan fingerprint density at radius 1 is 1.04 bits per heavy atom. The number of aromatic amines is 1. The Morgan fingerprint density at radius 2 is 1.74 bits per heavy atom. The predicted molar refractivity (Wildman–Crippen MR) is 104 cm³/mol. The third-order valence-electron chi connectivity index (χ3n) is 4.22. The van der Waals surface area contributed by atoms with Gasteiger partial charge in [0, 0.05) is 17.3 Å². The zero-order valence-corrected chi connectivity index (χ0v) is 16.0. The van der Waals surface area contributed by atoms with Gasteiger partial charge in [-0.15, -0.1) is 0 Å². The second kappa shape index (κ2) is 7.24. The first-order chi connectivity index (χ1) is 12.8. The van der Waals surface area contributed by atoms with Gasteiger partial charge >= 0.3 is 0 Å². The lowest BCUT2D eigenvalue weighted by Gasteiger charge is -2.12. The van der Waals surface area contributed by atoms with Crippen molar-refractivity contribution in [2.24, 2.45) is 0 Å². The maximum atomic E-state index is 12.6. The number of nitrogens with zero attached hydrogens (tertiary/aromatic N) is 1. The number of rotatable bonds is 5. The number of H-pyrrole nitrogens is 1. The van der Waals surface area contributed by atoms with Gasteiger partial charge in [-0.05, 0) is 62.2 Å². The van der Waals surface area contributed by atoms with E-state index in [0.29, 0.717) is 17.1 Å². The molecule has 8 heteroatoms. The molecular formula is C19H20N4O3S. The van der Waals surface area contributed by atoms with Gasteiger partial charge in [-0.1, -0.05) is 12.1 Å². The minimum absolute atomic E-state index is 0.0792. The van der Waals surface area contributed by atoms with Crippen LogP contribution >= 0.6 is 0 Å². The SMILES string of the molecule is Cc1cc(NC(=O)c2ccc(S(=O)(=O)Nc3cccc(C)c3C)cc2)n[nH]1. The summed E-state index contributed by atoms with van der Waals surface area (Å²) in [6.45, 7) is 5.60. The largest absolute Gasteiger partial charge is 0.305 e. The number of benzene rings is 2. The van der Waals surface area contributed by atoms with Gasteiger partial charge < -0.3 is 5.32 Å². The lowest BCUT2D eigenvalue weighted by atomic mass is 10.1. The average molecular weight is 384 g/mol. The lowest BCUT2D eigenvalue weighted by Crippen LogP contribution is -2.15. The fourth-order valence-corrected chi connectivity index (χ4v) is 3.64. The van der Waals surface area contributed by atoms with Gasteiger partial charge in [-0.25, -0.2) is 8.42 Å². The highest BCUT2D eigenvalue weighted by Crippen LogP contribution is 2.22. The first-order valence-corrected chi connectivity index (χ1v) is 9.77. The molecule has 0 aliphatic carbocycles. The molecule has 7 nitrogen and oxygen atoms in total. The average Bonchev–Trinajstić information content (AvgIpc) is 3.04. The second-order valence-corrected chi connectivity index (χ2v) is 7.95. The number of anilines is 2. The molecule has 3 rings (SSSR count). The minimum Gasteiger partial charge on any atom is -0.305 e. The number of aryl methyl sites for hydroxylation is 2. The molecule has 2 aromatic carbocycles. The molecule has 0 unspecified atom stereocenters. The van der Waals surface area contributed by atoms with Crippen molar-refractivity contribution in [3.63, 3.8) is 0 Å². The summed E-state index contributed by atoms with van der Waals surface area (Å²) in [6.07, 6.45) is 0. The van der Waals surface area contributed by atoms with Crippen LogP contribution in [0, 0.1) is 20.8 Å². The molecule has 0 spiro atoms. The molecule has 0 aliphatic heterocycles. The molecule has 0 atom stereocenters. The third kappa shape index (κ3) is 4.17. The Morgan fingerprint density at radius 3 is 2.37 bits per heavy atom. The maximum Gasteiger partial charge on any atom is 0.261 e. The number of amides is 1. The van der Waals surface area contributed by atoms with Crippen molar-refractivity contribution >= 4 is 27.4 Å². The zero-order chi connectivity index (χ0) is 19.6. The Kier molecular flexibility index (Phi) is 5.00. The second-order valence-electron chi connectivity index (χ2n) is 6.27. The number of carbonyl (C=O) groups excluding carboxylic acids is 1. The van der Waals surface area contributed by atoms with E-state index < -0.39 is 10.0 Å². The van der Waals surface area contributed by atoms with E-state index in [9.17, 15) is 13.2 Å². The molecule has 3 N–H and O–H groups in total. The number of hydrogen-bond acceptors (Lipinski definition) is 4. The minimum atomic E-state index is -3.75. The topological polar surface area (TPSA) is 104 Å². The van der Waals surface area contributed by atoms with E-state index in [1.807, 2.05) is 26.8 Å². The van der Waals surface area contributed by atoms with Gasteiger partial charge in [0.2, 0.25) is 0 Å². The molecule has 27 heavy (non-hydrogen) atoms. The molecule has 140 valence electrons. The summed E-state index contributed by atoms with van der Waals surface area (Å²) in [5.74, 6) is 0.0405. The summed E-state index contributed by atoms with van der Waals surface area (Å²) in [5, 5.41) is 9.32. The monoisotopic (exact) mass is 384 g/mol. The Labute approximate surface area is 157 Å². The van der Waals surface area contributed by atoms with Gasteiger partial charge in [0.1, 0.15) is 0 Å². The maximum absolute atomic E-state index is 12.6. The molecule has 0 saturated heterocycles. The van der Waals surface area contributed by atoms with Crippen LogP contribution in [0.25, 0.3) is 0 Å². The van der Waals surface area contributed by atoms with Crippen molar-refractivity contribution in [1.82, 2.24) is 10.2 Å². The summed E-state index contributed by atoms with van der Waals surface area (Å²) in [6, 6.07) is 12.9. The van der Waals surface area contributed by atoms with Crippen molar-refractivity contribution in [1.29, 1.82) is 0 Å². The summed E-state index contributed by atoms with van der Waals surface area (Å²) < 4.78 is 27.8. The third-order valence-corrected chi connectivity index (χ3v) is 5.60. The summed E-state index contributed by atoms with van der Waals surface area (Å²) in [4.78, 5) is 12.3. The summed E-state index contributed by atoms with van der Waals surface area (Å²) >= 11 is 0. The summed E-state index contributed by atoms with van der Waals surface area (Å²) in [7, 11) is -3.75. The van der Waals surface area contributed by atoms with E-state index in [2.05, 4.69) is 20.2 Å². The number of sulfonamides is 1. The number of carbonyl (C=O) groups is 1. The number of aromatic nitrogens is 2. The van der Waals surface area contributed by atoms with Crippen molar-refractivity contribution in [3.8, 4) is 0 Å². The highest BCUT2D eigenvalue weighted by atomic mass is 32.2. The van der Waals surface area contributed by atoms with Gasteiger partial charge in [0.25, 0.3) is 15.9 Å². The van der Waals surface area contributed by atoms with Crippen LogP contribution in [-0.2, 0) is 10.0 Å². The van der Waals surface area contributed by atoms with Crippen LogP contribution in [0.2, 0.25) is 0 Å². The molecule has 0 radical (unpaired) electrons. The molecule has 0 fully saturated rings. The van der Waals surface area contributed by atoms with Crippen molar-refractivity contribution in [3.05, 3.63) is 70.9 Å². The zero-order valence-electron chi connectivity index (χ0n) is 15.2. The first kappa shape index (κ1) is 18.7. The molecule has 3 aromatic rings. The van der Waals surface area contributed by atoms with Crippen LogP contribution in [0.15, 0.2) is 53.4 Å². The van der Waals surface area contributed by atoms with Crippen LogP contribution in [-0.4, -0.2) is 24.5 Å². The molecule has 1 heterocycles. The van der Waals surface area contributed by atoms with Gasteiger partial charge in [-0.3, -0.25) is 14.6 Å². The molecule has 1 amide bonds. The van der Waals surface area contributed by atoms with E-state index in [1.165, 1.54) is 24.3 Å². The van der Waals surface area contributed by atoms with Crippen LogP contribution in [0.4, 0.5) is 11.5 Å². The highest BCUT2D eigenvalue weighted by molar-refractivity contribution is 7.92. The van der Waals surface area contributed by atoms with Gasteiger partial charge in [0.05, 0.1) is 10.6 Å². The summed E-state index contributed by atoms with van der Waals surface area (Å²) in [5.41, 5.74) is 3.55. The smallest absolute Gasteiger partial charge is 0.261 e. The highest BCUT2D eigenvalue weighted by Gasteiger charge is 2.17. The number of nitrogens with one attached hydrogen (secondary N) is 3. The lowest BCUT2D eigenvalue weighted by molar-refractivity contribution is 0.102. The molecule has 0 bridgehead atoms. The Bertz CT molecular complexity index is 1090. The quantitative estimate of drug-likeness (QED) is 0.627. The van der Waals surface area contributed by atoms with Crippen molar-refractivity contribution in [2.45, 2.75) is 25.7 Å².